The molecule has 21 heavy (non-hydrogen) atoms. The Hall–Kier alpha value is -1.21. The summed E-state index contributed by atoms with van der Waals surface area (Å²) in [7, 11) is 0. The molecule has 0 unspecified atom stereocenters. The number of amides is 1. The first-order valence-corrected chi connectivity index (χ1v) is 7.55. The van der Waals surface area contributed by atoms with Crippen LogP contribution in [0.5, 0.6) is 0 Å². The molecule has 1 N–H and O–H groups in total. The SMILES string of the molecule is O=C(CCOCC(F)(F)F)NCCCSc1ccccc1. The molecule has 0 saturated carbocycles. The number of alkyl halides is 3. The molecule has 0 fully saturated rings. The molecule has 118 valence electrons. The minimum Gasteiger partial charge on any atom is -0.372 e. The van der Waals surface area contributed by atoms with E-state index in [1.165, 1.54) is 4.90 Å². The zero-order chi connectivity index (χ0) is 15.6. The third-order valence-electron chi connectivity index (χ3n) is 2.39. The summed E-state index contributed by atoms with van der Waals surface area (Å²) in [4.78, 5) is 12.5. The first-order valence-electron chi connectivity index (χ1n) is 6.56. The van der Waals surface area contributed by atoms with Gasteiger partial charge >= 0.3 is 6.18 Å². The molecule has 1 aromatic carbocycles. The molecule has 1 rings (SSSR count). The molecule has 7 heteroatoms. The maximum Gasteiger partial charge on any atom is 0.411 e. The van der Waals surface area contributed by atoms with Crippen molar-refractivity contribution < 1.29 is 22.7 Å². The van der Waals surface area contributed by atoms with Crippen molar-refractivity contribution in [1.29, 1.82) is 0 Å². The topological polar surface area (TPSA) is 38.3 Å². The van der Waals surface area contributed by atoms with Crippen LogP contribution in [-0.2, 0) is 9.53 Å². The van der Waals surface area contributed by atoms with Gasteiger partial charge in [0.2, 0.25) is 5.91 Å². The summed E-state index contributed by atoms with van der Waals surface area (Å²) in [5.74, 6) is 0.580. The van der Waals surface area contributed by atoms with Crippen LogP contribution in [0.25, 0.3) is 0 Å². The van der Waals surface area contributed by atoms with Gasteiger partial charge in [0, 0.05) is 17.9 Å². The van der Waals surface area contributed by atoms with Crippen LogP contribution in [0.1, 0.15) is 12.8 Å². The van der Waals surface area contributed by atoms with Gasteiger partial charge in [-0.05, 0) is 24.3 Å². The number of thioether (sulfide) groups is 1. The molecule has 1 amide bonds. The van der Waals surface area contributed by atoms with Gasteiger partial charge in [-0.25, -0.2) is 0 Å². The van der Waals surface area contributed by atoms with Gasteiger partial charge in [0.05, 0.1) is 6.61 Å². The van der Waals surface area contributed by atoms with Crippen molar-refractivity contribution in [2.24, 2.45) is 0 Å². The van der Waals surface area contributed by atoms with Crippen molar-refractivity contribution >= 4 is 17.7 Å². The number of carbonyl (C=O) groups is 1. The van der Waals surface area contributed by atoms with E-state index in [1.54, 1.807) is 11.8 Å². The van der Waals surface area contributed by atoms with E-state index < -0.39 is 12.8 Å². The Morgan fingerprint density at radius 3 is 2.62 bits per heavy atom. The molecule has 0 radical (unpaired) electrons. The van der Waals surface area contributed by atoms with E-state index in [2.05, 4.69) is 10.1 Å². The molecule has 0 atom stereocenters. The first-order chi connectivity index (χ1) is 9.97. The van der Waals surface area contributed by atoms with Gasteiger partial charge in [-0.3, -0.25) is 4.79 Å². The van der Waals surface area contributed by atoms with E-state index in [4.69, 9.17) is 0 Å². The number of rotatable bonds is 9. The summed E-state index contributed by atoms with van der Waals surface area (Å²) < 4.78 is 39.7. The third-order valence-corrected chi connectivity index (χ3v) is 3.49. The second-order valence-electron chi connectivity index (χ2n) is 4.28. The van der Waals surface area contributed by atoms with Gasteiger partial charge < -0.3 is 10.1 Å². The predicted octanol–water partition coefficient (Wildman–Crippen LogP) is 3.25. The van der Waals surface area contributed by atoms with Gasteiger partial charge in [-0.1, -0.05) is 18.2 Å². The molecule has 0 aliphatic rings. The molecule has 0 aliphatic heterocycles. The van der Waals surface area contributed by atoms with Crippen LogP contribution in [0.4, 0.5) is 13.2 Å². The number of ether oxygens (including phenoxy) is 1. The van der Waals surface area contributed by atoms with Crippen molar-refractivity contribution in [2.75, 3.05) is 25.5 Å². The van der Waals surface area contributed by atoms with Gasteiger partial charge in [0.1, 0.15) is 6.61 Å². The fourth-order valence-corrected chi connectivity index (χ4v) is 2.32. The Morgan fingerprint density at radius 2 is 1.95 bits per heavy atom. The summed E-state index contributed by atoms with van der Waals surface area (Å²) in [6.07, 6.45) is -3.60. The van der Waals surface area contributed by atoms with E-state index >= 15 is 0 Å². The van der Waals surface area contributed by atoms with Crippen molar-refractivity contribution in [1.82, 2.24) is 5.32 Å². The Kier molecular flexibility index (Phi) is 8.22. The molecule has 3 nitrogen and oxygen atoms in total. The Bertz CT molecular complexity index is 412. The largest absolute Gasteiger partial charge is 0.411 e. The Labute approximate surface area is 126 Å². The lowest BCUT2D eigenvalue weighted by atomic mass is 10.4. The molecule has 0 bridgehead atoms. The lowest BCUT2D eigenvalue weighted by molar-refractivity contribution is -0.174. The van der Waals surface area contributed by atoms with Crippen LogP contribution < -0.4 is 5.32 Å². The number of benzene rings is 1. The highest BCUT2D eigenvalue weighted by Crippen LogP contribution is 2.17. The van der Waals surface area contributed by atoms with Crippen molar-refractivity contribution in [3.05, 3.63) is 30.3 Å². The molecule has 1 aromatic rings. The second kappa shape index (κ2) is 9.68. The highest BCUT2D eigenvalue weighted by Gasteiger charge is 2.27. The van der Waals surface area contributed by atoms with Gasteiger partial charge in [-0.15, -0.1) is 11.8 Å². The van der Waals surface area contributed by atoms with Crippen LogP contribution in [0, 0.1) is 0 Å². The maximum atomic E-state index is 11.8. The zero-order valence-corrected chi connectivity index (χ0v) is 12.3. The van der Waals surface area contributed by atoms with Crippen molar-refractivity contribution in [2.45, 2.75) is 23.9 Å². The predicted molar refractivity (Wildman–Crippen MR) is 76.3 cm³/mol. The van der Waals surface area contributed by atoms with Gasteiger partial charge in [0.15, 0.2) is 0 Å². The average molecular weight is 321 g/mol. The molecule has 0 heterocycles. The average Bonchev–Trinajstić information content (AvgIpc) is 2.43. The molecule has 0 saturated heterocycles. The van der Waals surface area contributed by atoms with E-state index in [0.717, 1.165) is 12.2 Å². The van der Waals surface area contributed by atoms with Crippen LogP contribution in [-0.4, -0.2) is 37.6 Å². The van der Waals surface area contributed by atoms with Crippen LogP contribution >= 0.6 is 11.8 Å². The van der Waals surface area contributed by atoms with Crippen LogP contribution in [0.3, 0.4) is 0 Å². The lowest BCUT2D eigenvalue weighted by Gasteiger charge is -2.08. The fraction of sp³-hybridized carbons (Fsp3) is 0.500. The number of nitrogens with one attached hydrogen (secondary N) is 1. The van der Waals surface area contributed by atoms with Crippen LogP contribution in [0.2, 0.25) is 0 Å². The molecular formula is C14H18F3NO2S. The Balaban J connectivity index is 1.96. The normalized spacial score (nSPS) is 11.4. The number of halogens is 3. The first kappa shape index (κ1) is 17.8. The lowest BCUT2D eigenvalue weighted by Crippen LogP contribution is -2.26. The number of hydrogen-bond acceptors (Lipinski definition) is 3. The summed E-state index contributed by atoms with van der Waals surface area (Å²) in [5, 5.41) is 2.65. The third kappa shape index (κ3) is 10.2. The summed E-state index contributed by atoms with van der Waals surface area (Å²) >= 11 is 1.70. The molecule has 0 aromatic heterocycles. The Morgan fingerprint density at radius 1 is 1.24 bits per heavy atom. The highest BCUT2D eigenvalue weighted by molar-refractivity contribution is 7.99. The molecule has 0 aliphatic carbocycles. The minimum absolute atomic E-state index is 0.0537. The monoisotopic (exact) mass is 321 g/mol. The van der Waals surface area contributed by atoms with E-state index in [9.17, 15) is 18.0 Å². The minimum atomic E-state index is -4.34. The van der Waals surface area contributed by atoms with Crippen LogP contribution in [0.15, 0.2) is 35.2 Å². The van der Waals surface area contributed by atoms with Crippen molar-refractivity contribution in [3.8, 4) is 0 Å². The highest BCUT2D eigenvalue weighted by atomic mass is 32.2. The number of carbonyl (C=O) groups excluding carboxylic acids is 1. The fourth-order valence-electron chi connectivity index (χ4n) is 1.45. The summed E-state index contributed by atoms with van der Waals surface area (Å²) in [6, 6.07) is 9.91. The van der Waals surface area contributed by atoms with E-state index in [0.29, 0.717) is 6.54 Å². The van der Waals surface area contributed by atoms with Gasteiger partial charge in [0.25, 0.3) is 0 Å². The second-order valence-corrected chi connectivity index (χ2v) is 5.45. The molecular weight excluding hydrogens is 303 g/mol. The smallest absolute Gasteiger partial charge is 0.372 e. The van der Waals surface area contributed by atoms with E-state index in [-0.39, 0.29) is 18.9 Å². The standard InChI is InChI=1S/C14H18F3NO2S/c15-14(16,17)11-20-9-7-13(19)18-8-4-10-21-12-5-2-1-3-6-12/h1-3,5-6H,4,7-11H2,(H,18,19). The quantitative estimate of drug-likeness (QED) is 0.560. The van der Waals surface area contributed by atoms with Gasteiger partial charge in [-0.2, -0.15) is 13.2 Å². The maximum absolute atomic E-state index is 11.8. The molecule has 0 spiro atoms. The number of hydrogen-bond donors (Lipinski definition) is 1. The zero-order valence-electron chi connectivity index (χ0n) is 11.5. The van der Waals surface area contributed by atoms with E-state index in [1.807, 2.05) is 30.3 Å². The summed E-state index contributed by atoms with van der Waals surface area (Å²) in [6.45, 7) is -1.02. The summed E-state index contributed by atoms with van der Waals surface area (Å²) in [5.41, 5.74) is 0. The van der Waals surface area contributed by atoms with Crippen molar-refractivity contribution in [3.63, 3.8) is 0 Å².